The first-order chi connectivity index (χ1) is 18.9. The minimum atomic E-state index is -0.903. The van der Waals surface area contributed by atoms with E-state index in [-0.39, 0.29) is 36.8 Å². The summed E-state index contributed by atoms with van der Waals surface area (Å²) in [6.45, 7) is 2.76. The van der Waals surface area contributed by atoms with Gasteiger partial charge < -0.3 is 20.7 Å². The Labute approximate surface area is 228 Å². The van der Waals surface area contributed by atoms with Gasteiger partial charge in [0, 0.05) is 13.1 Å². The molecule has 10 nitrogen and oxygen atoms in total. The van der Waals surface area contributed by atoms with Gasteiger partial charge in [-0.1, -0.05) is 67.6 Å². The number of benzene rings is 2. The highest BCUT2D eigenvalue weighted by molar-refractivity contribution is 6.03. The standard InChI is InChI=1S/C29H35N5O5/c1-2-22(21-13-7-4-8-14-21)26(36)33-17-10-16-24(33)25(35)31-23-15-9-18-34(27(23)37)28(30)32-29(38)39-19-20-11-5-3-6-12-20/h3-8,11-14,22-24H,2,9-10,15-19H2,1H3,(H,31,35)(H2,30,32,38)/t22-,23+,24+/m1/s1. The third kappa shape index (κ3) is 6.81. The van der Waals surface area contributed by atoms with Crippen LogP contribution in [-0.4, -0.2) is 64.7 Å². The molecule has 2 saturated heterocycles. The smallest absolute Gasteiger partial charge is 0.437 e. The fourth-order valence-electron chi connectivity index (χ4n) is 5.15. The molecule has 2 aromatic rings. The summed E-state index contributed by atoms with van der Waals surface area (Å²) in [7, 11) is 0. The number of nitrogens with one attached hydrogen (secondary N) is 1. The summed E-state index contributed by atoms with van der Waals surface area (Å²) < 4.78 is 5.13. The highest BCUT2D eigenvalue weighted by atomic mass is 16.5. The van der Waals surface area contributed by atoms with Crippen LogP contribution in [-0.2, 0) is 25.7 Å². The maximum atomic E-state index is 13.4. The molecule has 0 radical (unpaired) electrons. The third-order valence-corrected chi connectivity index (χ3v) is 7.19. The number of carbonyl (C=O) groups is 4. The molecule has 0 bridgehead atoms. The Hall–Kier alpha value is -4.21. The van der Waals surface area contributed by atoms with Crippen molar-refractivity contribution in [3.8, 4) is 0 Å². The van der Waals surface area contributed by atoms with Gasteiger partial charge in [-0.3, -0.25) is 19.3 Å². The lowest BCUT2D eigenvalue weighted by Gasteiger charge is -2.33. The Kier molecular flexibility index (Phi) is 9.30. The van der Waals surface area contributed by atoms with Crippen molar-refractivity contribution in [3.05, 3.63) is 71.8 Å². The van der Waals surface area contributed by atoms with Crippen molar-refractivity contribution in [1.29, 1.82) is 0 Å². The van der Waals surface area contributed by atoms with Crippen molar-refractivity contribution in [2.75, 3.05) is 13.1 Å². The van der Waals surface area contributed by atoms with Crippen molar-refractivity contribution >= 4 is 29.8 Å². The highest BCUT2D eigenvalue weighted by Gasteiger charge is 2.39. The highest BCUT2D eigenvalue weighted by Crippen LogP contribution is 2.27. The van der Waals surface area contributed by atoms with Gasteiger partial charge in [-0.2, -0.15) is 0 Å². The molecular formula is C29H35N5O5. The number of guanidine groups is 1. The molecule has 0 spiro atoms. The summed E-state index contributed by atoms with van der Waals surface area (Å²) in [5, 5.41) is 2.83. The number of ether oxygens (including phenoxy) is 1. The van der Waals surface area contributed by atoms with Crippen LogP contribution in [0.2, 0.25) is 0 Å². The Morgan fingerprint density at radius 2 is 1.69 bits per heavy atom. The van der Waals surface area contributed by atoms with Crippen LogP contribution < -0.4 is 11.1 Å². The molecule has 0 aromatic heterocycles. The topological polar surface area (TPSA) is 134 Å². The lowest BCUT2D eigenvalue weighted by atomic mass is 9.94. The maximum Gasteiger partial charge on any atom is 0.437 e. The normalized spacial score (nSPS) is 20.4. The van der Waals surface area contributed by atoms with E-state index in [9.17, 15) is 19.2 Å². The van der Waals surface area contributed by atoms with Crippen molar-refractivity contribution < 1.29 is 23.9 Å². The third-order valence-electron chi connectivity index (χ3n) is 7.19. The van der Waals surface area contributed by atoms with Crippen molar-refractivity contribution in [3.63, 3.8) is 0 Å². The predicted octanol–water partition coefficient (Wildman–Crippen LogP) is 2.93. The summed E-state index contributed by atoms with van der Waals surface area (Å²) in [5.74, 6) is -1.49. The van der Waals surface area contributed by atoms with Crippen LogP contribution in [0, 0.1) is 0 Å². The summed E-state index contributed by atoms with van der Waals surface area (Å²) in [6, 6.07) is 17.2. The van der Waals surface area contributed by atoms with Crippen LogP contribution in [0.15, 0.2) is 65.7 Å². The average Bonchev–Trinajstić information content (AvgIpc) is 3.45. The molecule has 0 unspecified atom stereocenters. The van der Waals surface area contributed by atoms with E-state index in [4.69, 9.17) is 10.5 Å². The zero-order chi connectivity index (χ0) is 27.8. The Morgan fingerprint density at radius 3 is 2.38 bits per heavy atom. The molecular weight excluding hydrogens is 498 g/mol. The van der Waals surface area contributed by atoms with Crippen LogP contribution in [0.1, 0.15) is 56.1 Å². The van der Waals surface area contributed by atoms with Crippen molar-refractivity contribution in [2.24, 2.45) is 10.7 Å². The average molecular weight is 534 g/mol. The van der Waals surface area contributed by atoms with Gasteiger partial charge in [0.25, 0.3) is 5.91 Å². The zero-order valence-corrected chi connectivity index (χ0v) is 22.1. The number of aliphatic imine (C=N–C) groups is 1. The quantitative estimate of drug-likeness (QED) is 0.415. The van der Waals surface area contributed by atoms with E-state index in [1.807, 2.05) is 67.6 Å². The van der Waals surface area contributed by atoms with E-state index in [1.54, 1.807) is 4.90 Å². The van der Waals surface area contributed by atoms with Gasteiger partial charge in [-0.25, -0.2) is 4.79 Å². The molecule has 2 heterocycles. The number of piperidine rings is 1. The number of carbonyl (C=O) groups excluding carboxylic acids is 4. The lowest BCUT2D eigenvalue weighted by molar-refractivity contribution is -0.141. The van der Waals surface area contributed by atoms with Gasteiger partial charge in [-0.15, -0.1) is 4.99 Å². The number of hydrogen-bond acceptors (Lipinski definition) is 5. The summed E-state index contributed by atoms with van der Waals surface area (Å²) in [5.41, 5.74) is 7.70. The molecule has 10 heteroatoms. The molecule has 206 valence electrons. The predicted molar refractivity (Wildman–Crippen MR) is 145 cm³/mol. The SMILES string of the molecule is CC[C@@H](C(=O)N1CCC[C@H]1C(=O)N[C@H]1CCCN(/C(N)=N/C(=O)OCc2ccccc2)C1=O)c1ccccc1. The molecule has 4 rings (SSSR count). The number of likely N-dealkylation sites (tertiary alicyclic amines) is 2. The lowest BCUT2D eigenvalue weighted by Crippen LogP contribution is -2.58. The summed E-state index contributed by atoms with van der Waals surface area (Å²) >= 11 is 0. The first kappa shape index (κ1) is 27.8. The van der Waals surface area contributed by atoms with Gasteiger partial charge in [0.15, 0.2) is 0 Å². The van der Waals surface area contributed by atoms with E-state index in [1.165, 1.54) is 4.90 Å². The Bertz CT molecular complexity index is 1200. The minimum absolute atomic E-state index is 0.0306. The number of hydrogen-bond donors (Lipinski definition) is 2. The second kappa shape index (κ2) is 13.0. The van der Waals surface area contributed by atoms with E-state index >= 15 is 0 Å². The van der Waals surface area contributed by atoms with Crippen molar-refractivity contribution in [1.82, 2.24) is 15.1 Å². The molecule has 2 fully saturated rings. The van der Waals surface area contributed by atoms with Gasteiger partial charge in [0.05, 0.1) is 5.92 Å². The number of amides is 4. The molecule has 0 saturated carbocycles. The first-order valence-corrected chi connectivity index (χ1v) is 13.4. The van der Waals surface area contributed by atoms with Crippen LogP contribution in [0.4, 0.5) is 4.79 Å². The van der Waals surface area contributed by atoms with Gasteiger partial charge >= 0.3 is 6.09 Å². The number of rotatable bonds is 7. The molecule has 4 amide bonds. The Balaban J connectivity index is 1.36. The van der Waals surface area contributed by atoms with E-state index in [0.29, 0.717) is 38.6 Å². The largest absolute Gasteiger partial charge is 0.443 e. The van der Waals surface area contributed by atoms with Crippen LogP contribution in [0.3, 0.4) is 0 Å². The molecule has 3 atom stereocenters. The fourth-order valence-corrected chi connectivity index (χ4v) is 5.15. The minimum Gasteiger partial charge on any atom is -0.443 e. The van der Waals surface area contributed by atoms with E-state index in [0.717, 1.165) is 11.1 Å². The first-order valence-electron chi connectivity index (χ1n) is 13.4. The van der Waals surface area contributed by atoms with Crippen LogP contribution >= 0.6 is 0 Å². The van der Waals surface area contributed by atoms with E-state index < -0.39 is 24.1 Å². The zero-order valence-electron chi connectivity index (χ0n) is 22.1. The monoisotopic (exact) mass is 533 g/mol. The van der Waals surface area contributed by atoms with E-state index in [2.05, 4.69) is 10.3 Å². The molecule has 39 heavy (non-hydrogen) atoms. The molecule has 2 aromatic carbocycles. The second-order valence-corrected chi connectivity index (χ2v) is 9.76. The van der Waals surface area contributed by atoms with Crippen LogP contribution in [0.25, 0.3) is 0 Å². The molecule has 2 aliphatic rings. The van der Waals surface area contributed by atoms with Gasteiger partial charge in [-0.05, 0) is 43.2 Å². The fraction of sp³-hybridized carbons (Fsp3) is 0.414. The van der Waals surface area contributed by atoms with Crippen LogP contribution in [0.5, 0.6) is 0 Å². The molecule has 0 aliphatic carbocycles. The number of nitrogens with zero attached hydrogens (tertiary/aromatic N) is 3. The molecule has 3 N–H and O–H groups in total. The maximum absolute atomic E-state index is 13.4. The summed E-state index contributed by atoms with van der Waals surface area (Å²) in [4.78, 5) is 58.6. The summed E-state index contributed by atoms with van der Waals surface area (Å²) in [6.07, 6.45) is 1.95. The Morgan fingerprint density at radius 1 is 1.03 bits per heavy atom. The second-order valence-electron chi connectivity index (χ2n) is 9.76. The number of nitrogens with two attached hydrogens (primary N) is 1. The van der Waals surface area contributed by atoms with Gasteiger partial charge in [0.2, 0.25) is 17.8 Å². The van der Waals surface area contributed by atoms with Gasteiger partial charge in [0.1, 0.15) is 18.7 Å². The molecule has 2 aliphatic heterocycles. The van der Waals surface area contributed by atoms with Crippen molar-refractivity contribution in [2.45, 2.75) is 63.6 Å².